The van der Waals surface area contributed by atoms with E-state index < -0.39 is 49.9 Å². The Morgan fingerprint density at radius 1 is 1.31 bits per heavy atom. The Morgan fingerprint density at radius 3 is 2.92 bits per heavy atom. The molecule has 3 aliphatic rings. The van der Waals surface area contributed by atoms with Gasteiger partial charge in [0.1, 0.15) is 11.9 Å². The maximum absolute atomic E-state index is 14.3. The Kier molecular flexibility index (Phi) is 6.43. The van der Waals surface area contributed by atoms with E-state index in [0.29, 0.717) is 12.1 Å². The van der Waals surface area contributed by atoms with Crippen LogP contribution in [0.15, 0.2) is 30.6 Å². The largest absolute Gasteiger partial charge is 0.509 e. The minimum Gasteiger partial charge on any atom is -0.476 e. The molecule has 0 amide bonds. The third kappa shape index (κ3) is 4.49. The summed E-state index contributed by atoms with van der Waals surface area (Å²) in [5.74, 6) is -0.360. The molecule has 3 aromatic rings. The number of anilines is 1. The second-order valence-corrected chi connectivity index (χ2v) is 10.8. The van der Waals surface area contributed by atoms with Crippen molar-refractivity contribution in [1.29, 1.82) is 0 Å². The Hall–Kier alpha value is -3.36. The summed E-state index contributed by atoms with van der Waals surface area (Å²) in [5.41, 5.74) is 5.38. The van der Waals surface area contributed by atoms with Crippen molar-refractivity contribution in [1.82, 2.24) is 19.5 Å². The predicted octanol–water partition coefficient (Wildman–Crippen LogP) is 3.44. The van der Waals surface area contributed by atoms with Crippen LogP contribution in [0.1, 0.15) is 38.2 Å². The lowest BCUT2D eigenvalue weighted by molar-refractivity contribution is -0.0926. The number of nitrogens with zero attached hydrogens (tertiary/aromatic N) is 4. The average Bonchev–Trinajstić information content (AvgIpc) is 3.52. The van der Waals surface area contributed by atoms with Gasteiger partial charge in [-0.3, -0.25) is 18.1 Å². The van der Waals surface area contributed by atoms with Crippen molar-refractivity contribution in [2.24, 2.45) is 0 Å². The number of aromatic nitrogens is 4. The first-order valence-electron chi connectivity index (χ1n) is 12.2. The summed E-state index contributed by atoms with van der Waals surface area (Å²) in [4.78, 5) is 24.9. The smallest absolute Gasteiger partial charge is 0.476 e. The maximum Gasteiger partial charge on any atom is 0.509 e. The van der Waals surface area contributed by atoms with Crippen molar-refractivity contribution in [2.45, 2.75) is 50.4 Å². The van der Waals surface area contributed by atoms with Crippen molar-refractivity contribution < 1.29 is 46.3 Å². The number of imidazole rings is 1. The quantitative estimate of drug-likeness (QED) is 0.327. The fourth-order valence-electron chi connectivity index (χ4n) is 4.97. The number of nitrogens with two attached hydrogens (primary N) is 1. The molecule has 0 spiro atoms. The van der Waals surface area contributed by atoms with Gasteiger partial charge in [-0.1, -0.05) is 18.2 Å². The van der Waals surface area contributed by atoms with Gasteiger partial charge in [-0.15, -0.1) is 0 Å². The highest BCUT2D eigenvalue weighted by atomic mass is 31.2. The molecule has 1 unspecified atom stereocenters. The Labute approximate surface area is 221 Å². The molecule has 6 rings (SSSR count). The fourth-order valence-corrected chi connectivity index (χ4v) is 6.35. The van der Waals surface area contributed by atoms with Gasteiger partial charge in [0.2, 0.25) is 11.8 Å². The van der Waals surface area contributed by atoms with Gasteiger partial charge < -0.3 is 24.7 Å². The number of hydrogen-bond acceptors (Lipinski definition) is 13. The minimum atomic E-state index is -4.12. The second-order valence-electron chi connectivity index (χ2n) is 9.23. The molecule has 0 radical (unpaired) electrons. The first kappa shape index (κ1) is 25.9. The van der Waals surface area contributed by atoms with Crippen LogP contribution >= 0.6 is 7.82 Å². The number of nitrogen functional groups attached to an aromatic ring is 1. The summed E-state index contributed by atoms with van der Waals surface area (Å²) in [5, 5.41) is 0. The summed E-state index contributed by atoms with van der Waals surface area (Å²) in [6.07, 6.45) is -2.94. The van der Waals surface area contributed by atoms with Crippen molar-refractivity contribution in [3.05, 3.63) is 42.0 Å². The van der Waals surface area contributed by atoms with Gasteiger partial charge in [-0.2, -0.15) is 9.97 Å². The first-order valence-corrected chi connectivity index (χ1v) is 13.7. The molecule has 3 saturated heterocycles. The van der Waals surface area contributed by atoms with Crippen LogP contribution in [0.2, 0.25) is 0 Å². The number of carbonyl (C=O) groups is 1. The van der Waals surface area contributed by atoms with Crippen LogP contribution < -0.4 is 10.5 Å². The standard InChI is InChI=1S/C23H25FN5O9P/c1-3-32-19-16-18(27-21(25)28-19)29(11-26-16)20-23(2)17(36-22(30)37-23)15(35-20)10-34-39(31)33-9-8-14(38-39)12-6-4-5-7-13(12)24/h4-7,11,14-15,17,20H,3,8-10H2,1-2H3,(H2,25,27,28)/t14-,15-,17-,20-,23-,39?/m1/s1. The molecule has 39 heavy (non-hydrogen) atoms. The van der Waals surface area contributed by atoms with E-state index in [4.69, 9.17) is 38.3 Å². The van der Waals surface area contributed by atoms with Crippen LogP contribution in [0.4, 0.5) is 15.1 Å². The Balaban J connectivity index is 1.25. The van der Waals surface area contributed by atoms with Gasteiger partial charge in [0.05, 0.1) is 32.3 Å². The lowest BCUT2D eigenvalue weighted by Gasteiger charge is -2.30. The number of benzene rings is 1. The molecule has 3 aliphatic heterocycles. The van der Waals surface area contributed by atoms with E-state index in [-0.39, 0.29) is 42.7 Å². The van der Waals surface area contributed by atoms with Gasteiger partial charge in [0.15, 0.2) is 29.1 Å². The third-order valence-corrected chi connectivity index (χ3v) is 8.18. The lowest BCUT2D eigenvalue weighted by atomic mass is 9.96. The lowest BCUT2D eigenvalue weighted by Crippen LogP contribution is -2.42. The molecule has 5 heterocycles. The summed E-state index contributed by atoms with van der Waals surface area (Å²) in [6, 6.07) is 6.03. The van der Waals surface area contributed by atoms with E-state index in [1.165, 1.54) is 17.0 Å². The number of phosphoric acid groups is 1. The molecule has 2 aromatic heterocycles. The molecular formula is C23H25FN5O9P. The summed E-state index contributed by atoms with van der Waals surface area (Å²) >= 11 is 0. The number of hydrogen-bond donors (Lipinski definition) is 1. The van der Waals surface area contributed by atoms with Crippen LogP contribution in [-0.2, 0) is 32.3 Å². The third-order valence-electron chi connectivity index (χ3n) is 6.70. The highest BCUT2D eigenvalue weighted by Gasteiger charge is 2.64. The Morgan fingerprint density at radius 2 is 2.13 bits per heavy atom. The number of rotatable bonds is 7. The van der Waals surface area contributed by atoms with Gasteiger partial charge in [-0.25, -0.2) is 18.7 Å². The van der Waals surface area contributed by atoms with Crippen molar-refractivity contribution in [3.63, 3.8) is 0 Å². The number of carbonyl (C=O) groups excluding carboxylic acids is 1. The summed E-state index contributed by atoms with van der Waals surface area (Å²) in [7, 11) is -4.12. The fraction of sp³-hybridized carbons (Fsp3) is 0.478. The molecule has 2 N–H and O–H groups in total. The number of phosphoric ester groups is 1. The van der Waals surface area contributed by atoms with E-state index in [1.807, 2.05) is 0 Å². The SMILES string of the molecule is CCOc1nc(N)nc2c1ncn2[C@@H]1O[C@H](COP2(=O)OCC[C@H](c3ccccc3F)O2)[C@H]2OC(=O)O[C@]21C. The monoisotopic (exact) mass is 565 g/mol. The molecule has 14 nitrogen and oxygen atoms in total. The van der Waals surface area contributed by atoms with Crippen molar-refractivity contribution >= 4 is 31.1 Å². The molecule has 6 atom stereocenters. The van der Waals surface area contributed by atoms with E-state index in [0.717, 1.165) is 0 Å². The van der Waals surface area contributed by atoms with Crippen molar-refractivity contribution in [2.75, 3.05) is 25.6 Å². The van der Waals surface area contributed by atoms with Gasteiger partial charge >= 0.3 is 14.0 Å². The maximum atomic E-state index is 14.3. The van der Waals surface area contributed by atoms with E-state index in [9.17, 15) is 13.8 Å². The van der Waals surface area contributed by atoms with Gasteiger partial charge in [0, 0.05) is 12.0 Å². The second kappa shape index (κ2) is 9.68. The van der Waals surface area contributed by atoms with E-state index in [1.54, 1.807) is 32.0 Å². The molecule has 3 fully saturated rings. The van der Waals surface area contributed by atoms with Crippen molar-refractivity contribution in [3.8, 4) is 5.88 Å². The topological polar surface area (TPSA) is 168 Å². The van der Waals surface area contributed by atoms with Crippen LogP contribution in [0, 0.1) is 5.82 Å². The zero-order valence-corrected chi connectivity index (χ0v) is 21.8. The summed E-state index contributed by atoms with van der Waals surface area (Å²) in [6.45, 7) is 3.40. The molecule has 16 heteroatoms. The molecule has 208 valence electrons. The molecular weight excluding hydrogens is 540 g/mol. The van der Waals surface area contributed by atoms with E-state index >= 15 is 0 Å². The van der Waals surface area contributed by atoms with E-state index in [2.05, 4.69) is 15.0 Å². The minimum absolute atomic E-state index is 0.0218. The zero-order valence-electron chi connectivity index (χ0n) is 20.9. The Bertz CT molecular complexity index is 1470. The highest BCUT2D eigenvalue weighted by Crippen LogP contribution is 2.58. The van der Waals surface area contributed by atoms with Crippen LogP contribution in [0.3, 0.4) is 0 Å². The van der Waals surface area contributed by atoms with Crippen LogP contribution in [0.25, 0.3) is 11.2 Å². The highest BCUT2D eigenvalue weighted by molar-refractivity contribution is 7.48. The average molecular weight is 565 g/mol. The van der Waals surface area contributed by atoms with Crippen LogP contribution in [-0.4, -0.2) is 63.3 Å². The zero-order chi connectivity index (χ0) is 27.4. The molecule has 0 bridgehead atoms. The molecule has 1 aromatic carbocycles. The first-order chi connectivity index (χ1) is 18.7. The number of fused-ring (bicyclic) bond motifs is 2. The van der Waals surface area contributed by atoms with Gasteiger partial charge in [0.25, 0.3) is 0 Å². The summed E-state index contributed by atoms with van der Waals surface area (Å²) < 4.78 is 68.3. The normalized spacial score (nSPS) is 32.1. The van der Waals surface area contributed by atoms with Crippen LogP contribution in [0.5, 0.6) is 5.88 Å². The molecule has 0 saturated carbocycles. The number of halogens is 1. The molecule has 0 aliphatic carbocycles. The number of ether oxygens (including phenoxy) is 4. The van der Waals surface area contributed by atoms with Gasteiger partial charge in [-0.05, 0) is 19.9 Å². The predicted molar refractivity (Wildman–Crippen MR) is 129 cm³/mol.